The van der Waals surface area contributed by atoms with Gasteiger partial charge < -0.3 is 4.42 Å². The summed E-state index contributed by atoms with van der Waals surface area (Å²) in [5, 5.41) is 10.9. The minimum absolute atomic E-state index is 0.0859. The third-order valence-electron chi connectivity index (χ3n) is 4.81. The fraction of sp³-hybridized carbons (Fsp3) is 0.125. The lowest BCUT2D eigenvalue weighted by molar-refractivity contribution is -0.116. The van der Waals surface area contributed by atoms with E-state index >= 15 is 0 Å². The first-order chi connectivity index (χ1) is 14.1. The van der Waals surface area contributed by atoms with Gasteiger partial charge in [-0.15, -0.1) is 5.10 Å². The van der Waals surface area contributed by atoms with Crippen molar-refractivity contribution in [2.45, 2.75) is 19.8 Å². The van der Waals surface area contributed by atoms with Crippen LogP contribution in [0.25, 0.3) is 11.5 Å². The average Bonchev–Trinajstić information content (AvgIpc) is 3.20. The third kappa shape index (κ3) is 4.09. The Balaban J connectivity index is 1.62. The molecule has 144 valence electrons. The molecule has 29 heavy (non-hydrogen) atoms. The number of nitrogens with one attached hydrogen (secondary N) is 1. The third-order valence-corrected chi connectivity index (χ3v) is 4.81. The molecule has 0 bridgehead atoms. The van der Waals surface area contributed by atoms with Gasteiger partial charge in [0.05, 0.1) is 5.92 Å². The van der Waals surface area contributed by atoms with Gasteiger partial charge in [0, 0.05) is 5.56 Å². The molecule has 0 saturated carbocycles. The molecule has 1 heterocycles. The highest BCUT2D eigenvalue weighted by atomic mass is 16.4. The van der Waals surface area contributed by atoms with Crippen molar-refractivity contribution in [2.75, 3.05) is 5.32 Å². The lowest BCUT2D eigenvalue weighted by atomic mass is 9.90. The van der Waals surface area contributed by atoms with Crippen molar-refractivity contribution in [3.8, 4) is 11.5 Å². The summed E-state index contributed by atoms with van der Waals surface area (Å²) in [6.07, 6.45) is 0. The number of nitrogens with zero attached hydrogens (tertiary/aromatic N) is 2. The lowest BCUT2D eigenvalue weighted by Crippen LogP contribution is -2.22. The summed E-state index contributed by atoms with van der Waals surface area (Å²) in [6, 6.07) is 25.4. The van der Waals surface area contributed by atoms with E-state index < -0.39 is 5.92 Å². The Morgan fingerprint density at radius 3 is 2.10 bits per heavy atom. The van der Waals surface area contributed by atoms with E-state index in [2.05, 4.69) is 15.5 Å². The molecule has 1 aromatic heterocycles. The van der Waals surface area contributed by atoms with Gasteiger partial charge in [-0.3, -0.25) is 10.1 Å². The Morgan fingerprint density at radius 1 is 0.862 bits per heavy atom. The van der Waals surface area contributed by atoms with Gasteiger partial charge in [0.2, 0.25) is 11.8 Å². The Kier molecular flexibility index (Phi) is 5.20. The number of amides is 1. The predicted octanol–water partition coefficient (Wildman–Crippen LogP) is 5.12. The number of aryl methyl sites for hydroxylation is 2. The van der Waals surface area contributed by atoms with Crippen LogP contribution in [-0.4, -0.2) is 16.1 Å². The van der Waals surface area contributed by atoms with Crippen LogP contribution in [0.2, 0.25) is 0 Å². The minimum Gasteiger partial charge on any atom is -0.403 e. The second kappa shape index (κ2) is 8.10. The van der Waals surface area contributed by atoms with E-state index in [1.165, 1.54) is 0 Å². The maximum Gasteiger partial charge on any atom is 0.322 e. The van der Waals surface area contributed by atoms with Crippen LogP contribution in [0.4, 0.5) is 6.01 Å². The van der Waals surface area contributed by atoms with Crippen LogP contribution < -0.4 is 5.32 Å². The molecule has 1 N–H and O–H groups in total. The molecule has 3 aromatic carbocycles. The van der Waals surface area contributed by atoms with Gasteiger partial charge in [0.1, 0.15) is 0 Å². The maximum atomic E-state index is 13.1. The number of benzene rings is 3. The molecule has 0 fully saturated rings. The lowest BCUT2D eigenvalue weighted by Gasteiger charge is -2.16. The number of anilines is 1. The number of carbonyl (C=O) groups is 1. The van der Waals surface area contributed by atoms with Crippen molar-refractivity contribution in [3.63, 3.8) is 0 Å². The van der Waals surface area contributed by atoms with E-state index in [0.717, 1.165) is 27.8 Å². The molecule has 0 saturated heterocycles. The first-order valence-corrected chi connectivity index (χ1v) is 9.44. The van der Waals surface area contributed by atoms with Crippen LogP contribution in [0.1, 0.15) is 28.2 Å². The first kappa shape index (κ1) is 18.6. The van der Waals surface area contributed by atoms with E-state index in [4.69, 9.17) is 4.42 Å². The van der Waals surface area contributed by atoms with Crippen LogP contribution in [0, 0.1) is 13.8 Å². The summed E-state index contributed by atoms with van der Waals surface area (Å²) in [5.41, 5.74) is 4.78. The van der Waals surface area contributed by atoms with Crippen molar-refractivity contribution in [3.05, 3.63) is 101 Å². The summed E-state index contributed by atoms with van der Waals surface area (Å²) >= 11 is 0. The number of hydrogen-bond acceptors (Lipinski definition) is 4. The number of carbonyl (C=O) groups excluding carboxylic acids is 1. The summed E-state index contributed by atoms with van der Waals surface area (Å²) in [5.74, 6) is -0.315. The predicted molar refractivity (Wildman–Crippen MR) is 113 cm³/mol. The van der Waals surface area contributed by atoms with Gasteiger partial charge in [0.25, 0.3) is 0 Å². The maximum absolute atomic E-state index is 13.1. The van der Waals surface area contributed by atoms with Crippen molar-refractivity contribution in [1.82, 2.24) is 10.2 Å². The topological polar surface area (TPSA) is 68.0 Å². The summed E-state index contributed by atoms with van der Waals surface area (Å²) in [4.78, 5) is 13.1. The molecule has 0 aliphatic carbocycles. The molecule has 0 radical (unpaired) electrons. The molecule has 0 spiro atoms. The summed E-state index contributed by atoms with van der Waals surface area (Å²) < 4.78 is 5.74. The molecule has 0 aliphatic rings. The zero-order valence-electron chi connectivity index (χ0n) is 16.3. The molecular weight excluding hydrogens is 362 g/mol. The quantitative estimate of drug-likeness (QED) is 0.519. The van der Waals surface area contributed by atoms with Crippen LogP contribution in [0.3, 0.4) is 0 Å². The SMILES string of the molecule is Cc1ccc(C)c(-c2nnc(NC(=O)C(c3ccccc3)c3ccccc3)o2)c1. The standard InChI is InChI=1S/C24H21N3O2/c1-16-13-14-17(2)20(15-16)23-26-27-24(29-23)25-22(28)21(18-9-5-3-6-10-18)19-11-7-4-8-12-19/h3-15,21H,1-2H3,(H,25,27,28). The molecule has 5 heteroatoms. The van der Waals surface area contributed by atoms with E-state index in [-0.39, 0.29) is 11.9 Å². The summed E-state index contributed by atoms with van der Waals surface area (Å²) in [7, 11) is 0. The highest BCUT2D eigenvalue weighted by Gasteiger charge is 2.24. The Hall–Kier alpha value is -3.73. The number of hydrogen-bond donors (Lipinski definition) is 1. The Labute approximate surface area is 169 Å². The highest BCUT2D eigenvalue weighted by molar-refractivity contribution is 5.96. The first-order valence-electron chi connectivity index (χ1n) is 9.44. The second-order valence-corrected chi connectivity index (χ2v) is 6.97. The van der Waals surface area contributed by atoms with Crippen LogP contribution in [0.15, 0.2) is 83.3 Å². The van der Waals surface area contributed by atoms with Crippen molar-refractivity contribution < 1.29 is 9.21 Å². The average molecular weight is 383 g/mol. The molecule has 5 nitrogen and oxygen atoms in total. The van der Waals surface area contributed by atoms with Gasteiger partial charge in [-0.25, -0.2) is 0 Å². The largest absolute Gasteiger partial charge is 0.403 e. The van der Waals surface area contributed by atoms with E-state index in [9.17, 15) is 4.79 Å². The molecule has 0 atom stereocenters. The second-order valence-electron chi connectivity index (χ2n) is 6.97. The van der Waals surface area contributed by atoms with E-state index in [1.807, 2.05) is 92.7 Å². The minimum atomic E-state index is -0.478. The highest BCUT2D eigenvalue weighted by Crippen LogP contribution is 2.28. The van der Waals surface area contributed by atoms with E-state index in [1.54, 1.807) is 0 Å². The number of aromatic nitrogens is 2. The van der Waals surface area contributed by atoms with Gasteiger partial charge in [-0.2, -0.15) is 0 Å². The van der Waals surface area contributed by atoms with Crippen molar-refractivity contribution in [2.24, 2.45) is 0 Å². The van der Waals surface area contributed by atoms with Crippen LogP contribution in [0.5, 0.6) is 0 Å². The van der Waals surface area contributed by atoms with Gasteiger partial charge in [-0.1, -0.05) is 83.5 Å². The van der Waals surface area contributed by atoms with Gasteiger partial charge in [-0.05, 0) is 36.6 Å². The molecule has 4 rings (SSSR count). The molecule has 0 unspecified atom stereocenters. The normalized spacial score (nSPS) is 10.9. The van der Waals surface area contributed by atoms with Crippen molar-refractivity contribution >= 4 is 11.9 Å². The Bertz CT molecular complexity index is 1080. The zero-order chi connectivity index (χ0) is 20.2. The van der Waals surface area contributed by atoms with Crippen LogP contribution >= 0.6 is 0 Å². The molecule has 4 aromatic rings. The smallest absolute Gasteiger partial charge is 0.322 e. The fourth-order valence-electron chi connectivity index (χ4n) is 3.31. The fourth-order valence-corrected chi connectivity index (χ4v) is 3.31. The van der Waals surface area contributed by atoms with E-state index in [0.29, 0.717) is 5.89 Å². The molecular formula is C24H21N3O2. The molecule has 1 amide bonds. The van der Waals surface area contributed by atoms with Gasteiger partial charge in [0.15, 0.2) is 0 Å². The van der Waals surface area contributed by atoms with Gasteiger partial charge >= 0.3 is 6.01 Å². The molecule has 0 aliphatic heterocycles. The Morgan fingerprint density at radius 2 is 1.48 bits per heavy atom. The number of rotatable bonds is 5. The van der Waals surface area contributed by atoms with Crippen molar-refractivity contribution in [1.29, 1.82) is 0 Å². The zero-order valence-corrected chi connectivity index (χ0v) is 16.3. The summed E-state index contributed by atoms with van der Waals surface area (Å²) in [6.45, 7) is 3.99. The van der Waals surface area contributed by atoms with Crippen LogP contribution in [-0.2, 0) is 4.79 Å². The monoisotopic (exact) mass is 383 g/mol.